The number of alkyl halides is 3. The second-order valence-corrected chi connectivity index (χ2v) is 9.40. The summed E-state index contributed by atoms with van der Waals surface area (Å²) in [5, 5.41) is 21.0. The first kappa shape index (κ1) is 26.5. The number of anilines is 1. The highest BCUT2D eigenvalue weighted by atomic mass is 127. The molecule has 0 heterocycles. The summed E-state index contributed by atoms with van der Waals surface area (Å²) in [4.78, 5) is 12.5. The van der Waals surface area contributed by atoms with Crippen LogP contribution in [0, 0.1) is 29.8 Å². The van der Waals surface area contributed by atoms with Crippen LogP contribution in [0.2, 0.25) is 0 Å². The molecule has 0 radical (unpaired) electrons. The molecule has 176 valence electrons. The summed E-state index contributed by atoms with van der Waals surface area (Å²) in [6.45, 7) is 0.188. The van der Waals surface area contributed by atoms with Gasteiger partial charge >= 0.3 is 6.18 Å². The second kappa shape index (κ2) is 11.6. The summed E-state index contributed by atoms with van der Waals surface area (Å²) in [5.74, 6) is -0.242. The fraction of sp³-hybridized carbons (Fsp3) is 0.0800. The zero-order valence-electron chi connectivity index (χ0n) is 17.7. The van der Waals surface area contributed by atoms with E-state index < -0.39 is 17.6 Å². The third kappa shape index (κ3) is 6.96. The van der Waals surface area contributed by atoms with Crippen LogP contribution >= 0.6 is 45.2 Å². The minimum Gasteiger partial charge on any atom is -0.487 e. The minimum atomic E-state index is -4.55. The average molecular weight is 699 g/mol. The molecular formula is C25H14F3I2N3O2. The van der Waals surface area contributed by atoms with Crippen LogP contribution in [-0.2, 0) is 17.6 Å². The van der Waals surface area contributed by atoms with Gasteiger partial charge in [-0.3, -0.25) is 4.79 Å². The number of ether oxygens (including phenoxy) is 1. The Kier molecular flexibility index (Phi) is 8.75. The maximum Gasteiger partial charge on any atom is 0.416 e. The fourth-order valence-corrected chi connectivity index (χ4v) is 5.12. The summed E-state index contributed by atoms with van der Waals surface area (Å²) in [6, 6.07) is 18.6. The molecule has 0 atom stereocenters. The van der Waals surface area contributed by atoms with Crippen LogP contribution in [0.15, 0.2) is 66.2 Å². The highest BCUT2D eigenvalue weighted by Crippen LogP contribution is 2.32. The number of carbonyl (C=O) groups excluding carboxylic acids is 1. The number of halogens is 5. The summed E-state index contributed by atoms with van der Waals surface area (Å²) < 4.78 is 46.1. The van der Waals surface area contributed by atoms with Crippen molar-refractivity contribution >= 4 is 62.9 Å². The lowest BCUT2D eigenvalue weighted by Gasteiger charge is -2.12. The van der Waals surface area contributed by atoms with E-state index in [1.165, 1.54) is 18.2 Å². The average Bonchev–Trinajstić information content (AvgIpc) is 2.81. The largest absolute Gasteiger partial charge is 0.487 e. The Bertz CT molecular complexity index is 1370. The molecule has 0 fully saturated rings. The molecule has 1 amide bonds. The quantitative estimate of drug-likeness (QED) is 0.172. The third-order valence-electron chi connectivity index (χ3n) is 4.65. The van der Waals surface area contributed by atoms with Gasteiger partial charge in [0.1, 0.15) is 24.0 Å². The molecule has 0 saturated carbocycles. The molecule has 0 aromatic heterocycles. The van der Waals surface area contributed by atoms with Gasteiger partial charge in [0.05, 0.1) is 24.3 Å². The lowest BCUT2D eigenvalue weighted by Crippen LogP contribution is -2.14. The van der Waals surface area contributed by atoms with Crippen LogP contribution in [0.4, 0.5) is 18.9 Å². The topological polar surface area (TPSA) is 85.9 Å². The SMILES string of the molecule is N#C/C(=C/c1cc(I)c(OCc2ccccc2C#N)c(I)c1)C(=O)Nc1cccc(C(F)(F)F)c1. The molecule has 5 nitrogen and oxygen atoms in total. The summed E-state index contributed by atoms with van der Waals surface area (Å²) in [5.41, 5.74) is 0.544. The van der Waals surface area contributed by atoms with Crippen molar-refractivity contribution < 1.29 is 22.7 Å². The van der Waals surface area contributed by atoms with Gasteiger partial charge in [-0.2, -0.15) is 23.7 Å². The molecule has 3 aromatic rings. The van der Waals surface area contributed by atoms with Crippen LogP contribution in [0.25, 0.3) is 6.08 Å². The van der Waals surface area contributed by atoms with Gasteiger partial charge in [0.25, 0.3) is 5.91 Å². The second-order valence-electron chi connectivity index (χ2n) is 7.07. The Morgan fingerprint density at radius 3 is 2.34 bits per heavy atom. The van der Waals surface area contributed by atoms with E-state index in [9.17, 15) is 28.5 Å². The first-order valence-corrected chi connectivity index (χ1v) is 12.0. The Balaban J connectivity index is 1.79. The van der Waals surface area contributed by atoms with Crippen molar-refractivity contribution in [2.75, 3.05) is 5.32 Å². The van der Waals surface area contributed by atoms with E-state index in [0.717, 1.165) is 17.7 Å². The van der Waals surface area contributed by atoms with Gasteiger partial charge in [-0.15, -0.1) is 0 Å². The molecular weight excluding hydrogens is 685 g/mol. The smallest absolute Gasteiger partial charge is 0.416 e. The fourth-order valence-electron chi connectivity index (χ4n) is 2.99. The minimum absolute atomic E-state index is 0.0727. The normalized spacial score (nSPS) is 11.3. The summed E-state index contributed by atoms with van der Waals surface area (Å²) in [6.07, 6.45) is -3.20. The molecule has 10 heteroatoms. The van der Waals surface area contributed by atoms with Crippen molar-refractivity contribution in [1.29, 1.82) is 10.5 Å². The molecule has 1 N–H and O–H groups in total. The van der Waals surface area contributed by atoms with E-state index in [-0.39, 0.29) is 17.9 Å². The Morgan fingerprint density at radius 1 is 1.03 bits per heavy atom. The lowest BCUT2D eigenvalue weighted by atomic mass is 10.1. The number of amides is 1. The number of nitriles is 2. The van der Waals surface area contributed by atoms with Crippen LogP contribution in [-0.4, -0.2) is 5.91 Å². The summed E-state index contributed by atoms with van der Waals surface area (Å²) in [7, 11) is 0. The number of hydrogen-bond acceptors (Lipinski definition) is 4. The first-order chi connectivity index (χ1) is 16.6. The molecule has 0 unspecified atom stereocenters. The highest BCUT2D eigenvalue weighted by molar-refractivity contribution is 14.1. The third-order valence-corrected chi connectivity index (χ3v) is 6.26. The number of rotatable bonds is 6. The van der Waals surface area contributed by atoms with Gasteiger partial charge in [0.15, 0.2) is 0 Å². The van der Waals surface area contributed by atoms with Crippen LogP contribution < -0.4 is 10.1 Å². The number of nitrogens with one attached hydrogen (secondary N) is 1. The van der Waals surface area contributed by atoms with E-state index in [1.54, 1.807) is 36.4 Å². The standard InChI is InChI=1S/C25H14F3I2N3O2/c26-25(27,28)19-6-3-7-20(11-19)33-24(34)18(13-32)8-15-9-21(29)23(22(30)10-15)35-14-17-5-2-1-4-16(17)12-31/h1-11H,14H2,(H,33,34)/b18-8-. The van der Waals surface area contributed by atoms with Gasteiger partial charge in [-0.1, -0.05) is 24.3 Å². The van der Waals surface area contributed by atoms with Crippen molar-refractivity contribution in [3.8, 4) is 17.9 Å². The van der Waals surface area contributed by atoms with Crippen molar-refractivity contribution in [3.05, 3.63) is 95.6 Å². The number of nitrogens with zero attached hydrogens (tertiary/aromatic N) is 2. The number of carbonyl (C=O) groups is 1. The molecule has 35 heavy (non-hydrogen) atoms. The molecule has 0 aliphatic heterocycles. The molecule has 0 aliphatic carbocycles. The van der Waals surface area contributed by atoms with Crippen LogP contribution in [0.5, 0.6) is 5.75 Å². The molecule has 3 rings (SSSR count). The zero-order chi connectivity index (χ0) is 25.6. The highest BCUT2D eigenvalue weighted by Gasteiger charge is 2.30. The maximum absolute atomic E-state index is 12.9. The zero-order valence-corrected chi connectivity index (χ0v) is 22.0. The molecule has 0 aliphatic rings. The Hall–Kier alpha value is -3.10. The van der Waals surface area contributed by atoms with Gasteiger partial charge in [-0.05, 0) is 93.2 Å². The maximum atomic E-state index is 12.9. The Labute approximate surface area is 226 Å². The predicted molar refractivity (Wildman–Crippen MR) is 141 cm³/mol. The van der Waals surface area contributed by atoms with E-state index in [2.05, 4.69) is 56.6 Å². The number of benzene rings is 3. The molecule has 0 bridgehead atoms. The summed E-state index contributed by atoms with van der Waals surface area (Å²) >= 11 is 4.13. The van der Waals surface area contributed by atoms with Crippen molar-refractivity contribution in [3.63, 3.8) is 0 Å². The van der Waals surface area contributed by atoms with E-state index in [0.29, 0.717) is 24.0 Å². The molecule has 3 aromatic carbocycles. The van der Waals surface area contributed by atoms with Crippen LogP contribution in [0.3, 0.4) is 0 Å². The van der Waals surface area contributed by atoms with Gasteiger partial charge in [0.2, 0.25) is 0 Å². The molecule has 0 spiro atoms. The first-order valence-electron chi connectivity index (χ1n) is 9.82. The van der Waals surface area contributed by atoms with E-state index in [4.69, 9.17) is 4.74 Å². The van der Waals surface area contributed by atoms with Gasteiger partial charge in [-0.25, -0.2) is 0 Å². The van der Waals surface area contributed by atoms with E-state index in [1.807, 2.05) is 6.07 Å². The van der Waals surface area contributed by atoms with Gasteiger partial charge in [0, 0.05) is 11.3 Å². The Morgan fingerprint density at radius 2 is 1.71 bits per heavy atom. The predicted octanol–water partition coefficient (Wildman–Crippen LogP) is 6.91. The van der Waals surface area contributed by atoms with Gasteiger partial charge < -0.3 is 10.1 Å². The lowest BCUT2D eigenvalue weighted by molar-refractivity contribution is -0.137. The molecule has 0 saturated heterocycles. The van der Waals surface area contributed by atoms with E-state index >= 15 is 0 Å². The van der Waals surface area contributed by atoms with Crippen LogP contribution in [0.1, 0.15) is 22.3 Å². The monoisotopic (exact) mass is 699 g/mol. The van der Waals surface area contributed by atoms with Crippen molar-refractivity contribution in [2.24, 2.45) is 0 Å². The number of hydrogen-bond donors (Lipinski definition) is 1. The van der Waals surface area contributed by atoms with Crippen molar-refractivity contribution in [2.45, 2.75) is 12.8 Å². The van der Waals surface area contributed by atoms with Crippen molar-refractivity contribution in [1.82, 2.24) is 0 Å².